The Bertz CT molecular complexity index is 791. The molecule has 0 radical (unpaired) electrons. The van der Waals surface area contributed by atoms with Crippen LogP contribution in [0.1, 0.15) is 55.7 Å². The number of nitrogens with zero attached hydrogens (tertiary/aromatic N) is 1. The molecule has 1 saturated heterocycles. The lowest BCUT2D eigenvalue weighted by Crippen LogP contribution is -2.56. The van der Waals surface area contributed by atoms with Gasteiger partial charge in [0.25, 0.3) is 5.91 Å². The lowest BCUT2D eigenvalue weighted by Gasteiger charge is -2.46. The maximum Gasteiger partial charge on any atom is 0.259 e. The van der Waals surface area contributed by atoms with Crippen molar-refractivity contribution in [2.24, 2.45) is 5.41 Å². The molecule has 1 unspecified atom stereocenters. The van der Waals surface area contributed by atoms with Crippen LogP contribution in [0.25, 0.3) is 0 Å². The van der Waals surface area contributed by atoms with Crippen molar-refractivity contribution in [2.75, 3.05) is 20.3 Å². The molecule has 1 amide bonds. The fourth-order valence-corrected chi connectivity index (χ4v) is 6.02. The normalized spacial score (nSPS) is 31.7. The number of amides is 1. The minimum absolute atomic E-state index is 0.0210. The summed E-state index contributed by atoms with van der Waals surface area (Å²) in [5, 5.41) is 3.80. The summed E-state index contributed by atoms with van der Waals surface area (Å²) < 4.78 is 18.8. The average Bonchev–Trinajstić information content (AvgIpc) is 3.10. The molecule has 0 aromatic heterocycles. The summed E-state index contributed by atoms with van der Waals surface area (Å²) in [6, 6.07) is 6.57. The highest BCUT2D eigenvalue weighted by Gasteiger charge is 2.67. The number of methoxy groups -OCH3 is 1. The van der Waals surface area contributed by atoms with Crippen molar-refractivity contribution in [3.63, 3.8) is 0 Å². The van der Waals surface area contributed by atoms with Crippen molar-refractivity contribution in [3.8, 4) is 0 Å². The van der Waals surface area contributed by atoms with Gasteiger partial charge in [-0.15, -0.1) is 0 Å². The lowest BCUT2D eigenvalue weighted by atomic mass is 9.61. The topological polar surface area (TPSA) is 41.6 Å². The van der Waals surface area contributed by atoms with Crippen molar-refractivity contribution in [3.05, 3.63) is 34.9 Å². The van der Waals surface area contributed by atoms with Gasteiger partial charge in [-0.1, -0.05) is 31.5 Å². The minimum Gasteiger partial charge on any atom is -0.381 e. The van der Waals surface area contributed by atoms with Crippen molar-refractivity contribution in [2.45, 2.75) is 63.5 Å². The molecule has 28 heavy (non-hydrogen) atoms. The van der Waals surface area contributed by atoms with Crippen LogP contribution in [0.15, 0.2) is 18.2 Å². The highest BCUT2D eigenvalue weighted by Crippen LogP contribution is 2.60. The van der Waals surface area contributed by atoms with Crippen LogP contribution in [0.4, 0.5) is 4.39 Å². The number of ether oxygens (including phenoxy) is 1. The van der Waals surface area contributed by atoms with Gasteiger partial charge in [0.2, 0.25) is 0 Å². The fourth-order valence-electron chi connectivity index (χ4n) is 5.69. The summed E-state index contributed by atoms with van der Waals surface area (Å²) in [6.45, 7) is 1.59. The van der Waals surface area contributed by atoms with Crippen LogP contribution in [0.3, 0.4) is 0 Å². The third kappa shape index (κ3) is 2.71. The smallest absolute Gasteiger partial charge is 0.259 e. The standard InChI is InChI=1S/C22H29FN2O2S/c1-3-4-15-5-6-16-14-21(9-7-17(27-2)8-10-21)22(18(16)13-15)19(26)25(12-11-23)20(28)24-22/h5-6,13,17H,3-4,7-12,14H2,1-2H3,(H,24,28). The van der Waals surface area contributed by atoms with E-state index in [4.69, 9.17) is 17.0 Å². The molecule has 1 aromatic carbocycles. The molecule has 2 spiro atoms. The first-order valence-corrected chi connectivity index (χ1v) is 10.8. The quantitative estimate of drug-likeness (QED) is 0.761. The minimum atomic E-state index is -0.864. The van der Waals surface area contributed by atoms with E-state index in [1.54, 1.807) is 7.11 Å². The van der Waals surface area contributed by atoms with Gasteiger partial charge in [-0.3, -0.25) is 9.69 Å². The Kier molecular flexibility index (Phi) is 5.21. The fraction of sp³-hybridized carbons (Fsp3) is 0.636. The molecule has 1 aliphatic heterocycles. The van der Waals surface area contributed by atoms with Crippen LogP contribution >= 0.6 is 12.2 Å². The summed E-state index contributed by atoms with van der Waals surface area (Å²) >= 11 is 5.51. The van der Waals surface area contributed by atoms with E-state index < -0.39 is 12.2 Å². The number of benzene rings is 1. The molecular weight excluding hydrogens is 375 g/mol. The molecule has 1 heterocycles. The van der Waals surface area contributed by atoms with Gasteiger partial charge in [-0.2, -0.15) is 0 Å². The number of thiocarbonyl (C=S) groups is 1. The molecule has 4 rings (SSSR count). The molecule has 1 atom stereocenters. The summed E-state index contributed by atoms with van der Waals surface area (Å²) in [6.07, 6.45) is 6.79. The van der Waals surface area contributed by atoms with Crippen LogP contribution in [0.5, 0.6) is 0 Å². The van der Waals surface area contributed by atoms with Gasteiger partial charge in [-0.25, -0.2) is 4.39 Å². The van der Waals surface area contributed by atoms with Crippen molar-refractivity contribution in [1.82, 2.24) is 10.2 Å². The van der Waals surface area contributed by atoms with Crippen LogP contribution < -0.4 is 5.32 Å². The average molecular weight is 405 g/mol. The zero-order chi connectivity index (χ0) is 19.9. The van der Waals surface area contributed by atoms with Crippen molar-refractivity contribution < 1.29 is 13.9 Å². The predicted molar refractivity (Wildman–Crippen MR) is 111 cm³/mol. The third-order valence-electron chi connectivity index (χ3n) is 7.08. The number of halogens is 1. The van der Waals surface area contributed by atoms with E-state index in [1.807, 2.05) is 0 Å². The summed E-state index contributed by atoms with van der Waals surface area (Å²) in [5.74, 6) is -0.0709. The first kappa shape index (κ1) is 19.8. The Morgan fingerprint density at radius 3 is 2.75 bits per heavy atom. The molecule has 1 aromatic rings. The number of carbonyl (C=O) groups is 1. The van der Waals surface area contributed by atoms with E-state index in [9.17, 15) is 9.18 Å². The van der Waals surface area contributed by atoms with E-state index >= 15 is 0 Å². The van der Waals surface area contributed by atoms with Crippen molar-refractivity contribution in [1.29, 1.82) is 0 Å². The molecule has 1 N–H and O–H groups in total. The molecule has 0 bridgehead atoms. The Labute approximate surface area is 171 Å². The van der Waals surface area contributed by atoms with E-state index in [-0.39, 0.29) is 24.0 Å². The first-order chi connectivity index (χ1) is 13.5. The van der Waals surface area contributed by atoms with Gasteiger partial charge in [0, 0.05) is 12.5 Å². The SMILES string of the molecule is CCCc1ccc2c(c1)C1(NC(=S)N(CCF)C1=O)C1(CCC(OC)CC1)C2. The van der Waals surface area contributed by atoms with Gasteiger partial charge in [0.15, 0.2) is 10.7 Å². The van der Waals surface area contributed by atoms with E-state index in [0.29, 0.717) is 5.11 Å². The van der Waals surface area contributed by atoms with Crippen LogP contribution in [-0.2, 0) is 27.9 Å². The van der Waals surface area contributed by atoms with Gasteiger partial charge < -0.3 is 10.1 Å². The monoisotopic (exact) mass is 404 g/mol. The van der Waals surface area contributed by atoms with Gasteiger partial charge in [0.05, 0.1) is 12.6 Å². The van der Waals surface area contributed by atoms with Crippen molar-refractivity contribution >= 4 is 23.2 Å². The summed E-state index contributed by atoms with van der Waals surface area (Å²) in [5.41, 5.74) is 2.43. The molecule has 3 aliphatic rings. The Balaban J connectivity index is 1.83. The number of hydrogen-bond acceptors (Lipinski definition) is 3. The predicted octanol–water partition coefficient (Wildman–Crippen LogP) is 3.65. The molecule has 4 nitrogen and oxygen atoms in total. The van der Waals surface area contributed by atoms with E-state index in [0.717, 1.165) is 50.5 Å². The second kappa shape index (κ2) is 7.38. The van der Waals surface area contributed by atoms with Gasteiger partial charge >= 0.3 is 0 Å². The number of hydrogen-bond donors (Lipinski definition) is 1. The van der Waals surface area contributed by atoms with E-state index in [1.165, 1.54) is 16.0 Å². The van der Waals surface area contributed by atoms with Gasteiger partial charge in [0.1, 0.15) is 6.67 Å². The van der Waals surface area contributed by atoms with Gasteiger partial charge in [-0.05, 0) is 67.4 Å². The molecule has 152 valence electrons. The van der Waals surface area contributed by atoms with E-state index in [2.05, 4.69) is 30.4 Å². The number of alkyl halides is 1. The third-order valence-corrected chi connectivity index (χ3v) is 7.40. The number of nitrogens with one attached hydrogen (secondary N) is 1. The Morgan fingerprint density at radius 1 is 1.36 bits per heavy atom. The second-order valence-corrected chi connectivity index (χ2v) is 8.85. The zero-order valence-corrected chi connectivity index (χ0v) is 17.5. The largest absolute Gasteiger partial charge is 0.381 e. The second-order valence-electron chi connectivity index (χ2n) is 8.46. The Morgan fingerprint density at radius 2 is 2.11 bits per heavy atom. The molecular formula is C22H29FN2O2S. The number of aryl methyl sites for hydroxylation is 1. The summed E-state index contributed by atoms with van der Waals surface area (Å²) in [4.78, 5) is 15.2. The summed E-state index contributed by atoms with van der Waals surface area (Å²) in [7, 11) is 1.76. The number of fused-ring (bicyclic) bond motifs is 3. The highest BCUT2D eigenvalue weighted by atomic mass is 32.1. The Hall–Kier alpha value is -1.53. The first-order valence-electron chi connectivity index (χ1n) is 10.4. The highest BCUT2D eigenvalue weighted by molar-refractivity contribution is 7.80. The molecule has 2 aliphatic carbocycles. The molecule has 6 heteroatoms. The number of rotatable bonds is 5. The number of carbonyl (C=O) groups excluding carboxylic acids is 1. The zero-order valence-electron chi connectivity index (χ0n) is 16.7. The lowest BCUT2D eigenvalue weighted by molar-refractivity contribution is -0.138. The van der Waals surface area contributed by atoms with Crippen LogP contribution in [0.2, 0.25) is 0 Å². The molecule has 2 fully saturated rings. The van der Waals surface area contributed by atoms with Crippen LogP contribution in [0, 0.1) is 5.41 Å². The maximum atomic E-state index is 13.8. The van der Waals surface area contributed by atoms with Crippen LogP contribution in [-0.4, -0.2) is 42.4 Å². The maximum absolute atomic E-state index is 13.8. The molecule has 1 saturated carbocycles.